The summed E-state index contributed by atoms with van der Waals surface area (Å²) in [6.45, 7) is 8.26. The van der Waals surface area contributed by atoms with Crippen molar-refractivity contribution in [2.75, 3.05) is 0 Å². The molecule has 0 amide bonds. The number of hydrogen-bond donors (Lipinski definition) is 0. The maximum atomic E-state index is 3.78. The van der Waals surface area contributed by atoms with E-state index in [1.54, 1.807) is 5.57 Å². The maximum absolute atomic E-state index is 3.78. The highest BCUT2D eigenvalue weighted by Crippen LogP contribution is 2.38. The van der Waals surface area contributed by atoms with Gasteiger partial charge in [-0.2, -0.15) is 0 Å². The normalized spacial score (nSPS) is 19.0. The highest BCUT2D eigenvalue weighted by atomic mass is 14.3. The van der Waals surface area contributed by atoms with Crippen molar-refractivity contribution >= 4 is 0 Å². The summed E-state index contributed by atoms with van der Waals surface area (Å²) < 4.78 is 0. The van der Waals surface area contributed by atoms with Crippen molar-refractivity contribution in [3.8, 4) is 0 Å². The van der Waals surface area contributed by atoms with Gasteiger partial charge in [0.2, 0.25) is 0 Å². The van der Waals surface area contributed by atoms with Crippen molar-refractivity contribution in [3.05, 3.63) is 24.3 Å². The molecule has 1 rings (SSSR count). The van der Waals surface area contributed by atoms with Crippen molar-refractivity contribution in [2.45, 2.75) is 33.1 Å². The zero-order chi connectivity index (χ0) is 8.27. The Morgan fingerprint density at radius 1 is 1.55 bits per heavy atom. The van der Waals surface area contributed by atoms with Crippen LogP contribution >= 0.6 is 0 Å². The average Bonchev–Trinajstić information content (AvgIpc) is 2.66. The van der Waals surface area contributed by atoms with Crippen LogP contribution in [0.15, 0.2) is 24.3 Å². The summed E-state index contributed by atoms with van der Waals surface area (Å²) in [5.74, 6) is 1.61. The first kappa shape index (κ1) is 8.58. The van der Waals surface area contributed by atoms with E-state index in [1.807, 2.05) is 6.08 Å². The minimum absolute atomic E-state index is 0.700. The van der Waals surface area contributed by atoms with E-state index < -0.39 is 0 Å². The largest absolute Gasteiger partial charge is 0.103 e. The molecule has 0 heteroatoms. The minimum atomic E-state index is 0.700. The fourth-order valence-electron chi connectivity index (χ4n) is 1.42. The topological polar surface area (TPSA) is 0 Å². The first-order valence-electron chi connectivity index (χ1n) is 4.55. The standard InChI is InChI=1S/C11H18/c1-4-5-11(8-9(2)3)10-6-7-10/h4,8-10H,1,5-7H2,2-3H3. The van der Waals surface area contributed by atoms with Gasteiger partial charge in [0.25, 0.3) is 0 Å². The van der Waals surface area contributed by atoms with Crippen molar-refractivity contribution in [3.63, 3.8) is 0 Å². The molecule has 1 aliphatic rings. The predicted octanol–water partition coefficient (Wildman–Crippen LogP) is 3.55. The number of allylic oxidation sites excluding steroid dienone is 3. The van der Waals surface area contributed by atoms with Crippen LogP contribution in [0.4, 0.5) is 0 Å². The number of rotatable bonds is 4. The van der Waals surface area contributed by atoms with Crippen molar-refractivity contribution < 1.29 is 0 Å². The van der Waals surface area contributed by atoms with E-state index >= 15 is 0 Å². The molecule has 1 fully saturated rings. The van der Waals surface area contributed by atoms with E-state index in [9.17, 15) is 0 Å². The van der Waals surface area contributed by atoms with Crippen LogP contribution in [0, 0.1) is 11.8 Å². The average molecular weight is 150 g/mol. The summed E-state index contributed by atoms with van der Waals surface area (Å²) in [6.07, 6.45) is 8.34. The second-order valence-electron chi connectivity index (χ2n) is 3.75. The van der Waals surface area contributed by atoms with Gasteiger partial charge in [-0.25, -0.2) is 0 Å². The molecule has 62 valence electrons. The summed E-state index contributed by atoms with van der Waals surface area (Å²) in [6, 6.07) is 0. The Bertz CT molecular complexity index is 159. The fourth-order valence-corrected chi connectivity index (χ4v) is 1.42. The van der Waals surface area contributed by atoms with Gasteiger partial charge in [-0.1, -0.05) is 31.6 Å². The molecular weight excluding hydrogens is 132 g/mol. The zero-order valence-electron chi connectivity index (χ0n) is 7.64. The molecule has 0 bridgehead atoms. The monoisotopic (exact) mass is 150 g/mol. The molecule has 11 heavy (non-hydrogen) atoms. The highest BCUT2D eigenvalue weighted by Gasteiger charge is 2.24. The molecule has 0 aromatic heterocycles. The summed E-state index contributed by atoms with van der Waals surface area (Å²) in [5.41, 5.74) is 1.62. The summed E-state index contributed by atoms with van der Waals surface area (Å²) in [5, 5.41) is 0. The molecule has 0 N–H and O–H groups in total. The first-order chi connectivity index (χ1) is 5.24. The van der Waals surface area contributed by atoms with Crippen LogP contribution in [-0.4, -0.2) is 0 Å². The summed E-state index contributed by atoms with van der Waals surface area (Å²) in [7, 11) is 0. The third-order valence-corrected chi connectivity index (χ3v) is 2.03. The maximum Gasteiger partial charge on any atom is -0.0139 e. The lowest BCUT2D eigenvalue weighted by Crippen LogP contribution is -1.88. The Labute approximate surface area is 70.0 Å². The van der Waals surface area contributed by atoms with Crippen LogP contribution in [0.25, 0.3) is 0 Å². The van der Waals surface area contributed by atoms with Crippen molar-refractivity contribution in [1.82, 2.24) is 0 Å². The van der Waals surface area contributed by atoms with Gasteiger partial charge in [-0.15, -0.1) is 6.58 Å². The van der Waals surface area contributed by atoms with E-state index in [4.69, 9.17) is 0 Å². The van der Waals surface area contributed by atoms with E-state index in [-0.39, 0.29) is 0 Å². The van der Waals surface area contributed by atoms with Crippen molar-refractivity contribution in [1.29, 1.82) is 0 Å². The molecule has 0 saturated heterocycles. The van der Waals surface area contributed by atoms with Gasteiger partial charge < -0.3 is 0 Å². The predicted molar refractivity (Wildman–Crippen MR) is 50.5 cm³/mol. The van der Waals surface area contributed by atoms with E-state index in [0.717, 1.165) is 12.3 Å². The van der Waals surface area contributed by atoms with E-state index in [1.165, 1.54) is 12.8 Å². The molecule has 0 nitrogen and oxygen atoms in total. The first-order valence-corrected chi connectivity index (χ1v) is 4.55. The molecule has 0 radical (unpaired) electrons. The third-order valence-electron chi connectivity index (χ3n) is 2.03. The van der Waals surface area contributed by atoms with Gasteiger partial charge in [0.15, 0.2) is 0 Å². The van der Waals surface area contributed by atoms with Gasteiger partial charge >= 0.3 is 0 Å². The Hall–Kier alpha value is -0.520. The molecule has 0 unspecified atom stereocenters. The second-order valence-corrected chi connectivity index (χ2v) is 3.75. The Morgan fingerprint density at radius 2 is 2.18 bits per heavy atom. The Morgan fingerprint density at radius 3 is 2.55 bits per heavy atom. The highest BCUT2D eigenvalue weighted by molar-refractivity contribution is 5.15. The third kappa shape index (κ3) is 2.92. The Kier molecular flexibility index (Phi) is 2.92. The quantitative estimate of drug-likeness (QED) is 0.537. The van der Waals surface area contributed by atoms with E-state index in [2.05, 4.69) is 26.5 Å². The minimum Gasteiger partial charge on any atom is -0.103 e. The number of hydrogen-bond acceptors (Lipinski definition) is 0. The van der Waals surface area contributed by atoms with E-state index in [0.29, 0.717) is 5.92 Å². The van der Waals surface area contributed by atoms with Crippen LogP contribution in [0.5, 0.6) is 0 Å². The fraction of sp³-hybridized carbons (Fsp3) is 0.636. The summed E-state index contributed by atoms with van der Waals surface area (Å²) in [4.78, 5) is 0. The lowest BCUT2D eigenvalue weighted by atomic mass is 10.0. The summed E-state index contributed by atoms with van der Waals surface area (Å²) >= 11 is 0. The molecular formula is C11H18. The second kappa shape index (κ2) is 3.75. The lowest BCUT2D eigenvalue weighted by Gasteiger charge is -2.03. The van der Waals surface area contributed by atoms with Crippen LogP contribution in [-0.2, 0) is 0 Å². The molecule has 0 spiro atoms. The van der Waals surface area contributed by atoms with Crippen LogP contribution in [0.2, 0.25) is 0 Å². The molecule has 1 saturated carbocycles. The van der Waals surface area contributed by atoms with Crippen LogP contribution < -0.4 is 0 Å². The van der Waals surface area contributed by atoms with Gasteiger partial charge in [0.1, 0.15) is 0 Å². The Balaban J connectivity index is 2.49. The van der Waals surface area contributed by atoms with Gasteiger partial charge in [0.05, 0.1) is 0 Å². The smallest absolute Gasteiger partial charge is 0.0139 e. The van der Waals surface area contributed by atoms with Crippen LogP contribution in [0.1, 0.15) is 33.1 Å². The molecule has 1 aliphatic carbocycles. The van der Waals surface area contributed by atoms with Gasteiger partial charge in [-0.05, 0) is 31.1 Å². The molecule has 0 atom stereocenters. The SMILES string of the molecule is C=CCC(=CC(C)C)C1CC1. The zero-order valence-corrected chi connectivity index (χ0v) is 7.64. The molecule has 0 aromatic rings. The van der Waals surface area contributed by atoms with Crippen LogP contribution in [0.3, 0.4) is 0 Å². The lowest BCUT2D eigenvalue weighted by molar-refractivity contribution is 0.795. The van der Waals surface area contributed by atoms with Gasteiger partial charge in [-0.3, -0.25) is 0 Å². The molecule has 0 aliphatic heterocycles. The molecule has 0 aromatic carbocycles. The van der Waals surface area contributed by atoms with Crippen molar-refractivity contribution in [2.24, 2.45) is 11.8 Å². The molecule has 0 heterocycles. The van der Waals surface area contributed by atoms with Gasteiger partial charge in [0, 0.05) is 0 Å².